The predicted molar refractivity (Wildman–Crippen MR) is 69.3 cm³/mol. The summed E-state index contributed by atoms with van der Waals surface area (Å²) in [6.45, 7) is 5.53. The van der Waals surface area contributed by atoms with Crippen LogP contribution in [-0.4, -0.2) is 11.1 Å². The van der Waals surface area contributed by atoms with Crippen LogP contribution in [0.3, 0.4) is 0 Å². The fourth-order valence-corrected chi connectivity index (χ4v) is 2.13. The van der Waals surface area contributed by atoms with Gasteiger partial charge in [0, 0.05) is 0 Å². The molecule has 0 unspecified atom stereocenters. The molecule has 2 aromatic rings. The minimum Gasteiger partial charge on any atom is -0.481 e. The van der Waals surface area contributed by atoms with Gasteiger partial charge in [0.1, 0.15) is 0 Å². The van der Waals surface area contributed by atoms with Crippen molar-refractivity contribution in [2.45, 2.75) is 26.2 Å². The Labute approximate surface area is 101 Å². The first-order chi connectivity index (χ1) is 7.94. The van der Waals surface area contributed by atoms with Crippen molar-refractivity contribution < 1.29 is 9.90 Å². The number of hydrogen-bond acceptors (Lipinski definition) is 1. The Hall–Kier alpha value is -1.83. The van der Waals surface area contributed by atoms with Gasteiger partial charge in [0.25, 0.3) is 0 Å². The van der Waals surface area contributed by atoms with E-state index in [9.17, 15) is 9.90 Å². The van der Waals surface area contributed by atoms with Gasteiger partial charge < -0.3 is 5.11 Å². The lowest BCUT2D eigenvalue weighted by atomic mass is 9.81. The monoisotopic (exact) mass is 228 g/mol. The van der Waals surface area contributed by atoms with Gasteiger partial charge in [-0.15, -0.1) is 0 Å². The highest BCUT2D eigenvalue weighted by atomic mass is 16.4. The highest BCUT2D eigenvalue weighted by Gasteiger charge is 2.30. The van der Waals surface area contributed by atoms with Crippen molar-refractivity contribution in [3.8, 4) is 0 Å². The van der Waals surface area contributed by atoms with Crippen LogP contribution in [0.25, 0.3) is 10.8 Å². The Kier molecular flexibility index (Phi) is 2.66. The van der Waals surface area contributed by atoms with Crippen LogP contribution in [-0.2, 0) is 10.2 Å². The molecule has 88 valence electrons. The maximum Gasteiger partial charge on any atom is 0.313 e. The molecule has 0 amide bonds. The van der Waals surface area contributed by atoms with E-state index < -0.39 is 11.4 Å². The van der Waals surface area contributed by atoms with Crippen LogP contribution in [0.4, 0.5) is 0 Å². The first-order valence-corrected chi connectivity index (χ1v) is 5.67. The number of carbonyl (C=O) groups is 1. The molecule has 0 spiro atoms. The molecule has 0 aromatic heterocycles. The van der Waals surface area contributed by atoms with E-state index in [0.29, 0.717) is 0 Å². The van der Waals surface area contributed by atoms with Crippen molar-refractivity contribution in [1.82, 2.24) is 0 Å². The lowest BCUT2D eigenvalue weighted by Crippen LogP contribution is -2.28. The number of carboxylic acid groups (broad SMARTS) is 1. The summed E-state index contributed by atoms with van der Waals surface area (Å²) in [5.74, 6) is -0.800. The Bertz CT molecular complexity index is 582. The Morgan fingerprint density at radius 3 is 2.29 bits per heavy atom. The van der Waals surface area contributed by atoms with Crippen LogP contribution >= 0.6 is 0 Å². The SMILES string of the molecule is Cc1cccc2c(C(C)(C)C(=O)O)cccc12. The van der Waals surface area contributed by atoms with E-state index in [4.69, 9.17) is 0 Å². The molecule has 0 heterocycles. The standard InChI is InChI=1S/C15H16O2/c1-10-6-4-8-12-11(10)7-5-9-13(12)15(2,3)14(16)17/h4-9H,1-3H3,(H,16,17). The van der Waals surface area contributed by atoms with Gasteiger partial charge >= 0.3 is 5.97 Å². The molecule has 0 radical (unpaired) electrons. The molecule has 0 aliphatic rings. The average Bonchev–Trinajstić information content (AvgIpc) is 2.28. The molecule has 2 rings (SSSR count). The minimum atomic E-state index is -0.868. The lowest BCUT2D eigenvalue weighted by molar-refractivity contribution is -0.142. The third-order valence-corrected chi connectivity index (χ3v) is 3.35. The Morgan fingerprint density at radius 2 is 1.65 bits per heavy atom. The van der Waals surface area contributed by atoms with Crippen molar-refractivity contribution in [2.24, 2.45) is 0 Å². The van der Waals surface area contributed by atoms with E-state index in [1.54, 1.807) is 13.8 Å². The molecule has 0 aliphatic carbocycles. The summed E-state index contributed by atoms with van der Waals surface area (Å²) in [6.07, 6.45) is 0. The molecule has 0 fully saturated rings. The zero-order valence-electron chi connectivity index (χ0n) is 10.3. The molecular formula is C15H16O2. The van der Waals surface area contributed by atoms with Crippen LogP contribution in [0.5, 0.6) is 0 Å². The number of aliphatic carboxylic acids is 1. The number of benzene rings is 2. The van der Waals surface area contributed by atoms with Gasteiger partial charge in [-0.05, 0) is 42.7 Å². The normalized spacial score (nSPS) is 11.7. The van der Waals surface area contributed by atoms with Crippen LogP contribution in [0, 0.1) is 6.92 Å². The summed E-state index contributed by atoms with van der Waals surface area (Å²) in [7, 11) is 0. The molecule has 2 aromatic carbocycles. The summed E-state index contributed by atoms with van der Waals surface area (Å²) in [5.41, 5.74) is 1.17. The third-order valence-electron chi connectivity index (χ3n) is 3.35. The number of carboxylic acids is 1. The van der Waals surface area contributed by atoms with Crippen LogP contribution < -0.4 is 0 Å². The van der Waals surface area contributed by atoms with E-state index in [0.717, 1.165) is 16.3 Å². The van der Waals surface area contributed by atoms with Gasteiger partial charge in [-0.1, -0.05) is 36.4 Å². The summed E-state index contributed by atoms with van der Waals surface area (Å²) in [4.78, 5) is 11.4. The lowest BCUT2D eigenvalue weighted by Gasteiger charge is -2.22. The van der Waals surface area contributed by atoms with E-state index in [1.807, 2.05) is 43.3 Å². The molecular weight excluding hydrogens is 212 g/mol. The highest BCUT2D eigenvalue weighted by Crippen LogP contribution is 2.31. The highest BCUT2D eigenvalue weighted by molar-refractivity contribution is 5.94. The summed E-state index contributed by atoms with van der Waals surface area (Å²) < 4.78 is 0. The predicted octanol–water partition coefficient (Wildman–Crippen LogP) is 3.51. The van der Waals surface area contributed by atoms with Gasteiger partial charge in [-0.3, -0.25) is 4.79 Å². The van der Waals surface area contributed by atoms with Crippen molar-refractivity contribution in [3.63, 3.8) is 0 Å². The van der Waals surface area contributed by atoms with Crippen molar-refractivity contribution in [1.29, 1.82) is 0 Å². The van der Waals surface area contributed by atoms with E-state index in [-0.39, 0.29) is 0 Å². The average molecular weight is 228 g/mol. The molecule has 0 bridgehead atoms. The van der Waals surface area contributed by atoms with Gasteiger partial charge in [-0.2, -0.15) is 0 Å². The van der Waals surface area contributed by atoms with Crippen LogP contribution in [0.15, 0.2) is 36.4 Å². The van der Waals surface area contributed by atoms with Gasteiger partial charge in [0.2, 0.25) is 0 Å². The zero-order chi connectivity index (χ0) is 12.6. The number of hydrogen-bond donors (Lipinski definition) is 1. The van der Waals surface area contributed by atoms with Gasteiger partial charge in [0.05, 0.1) is 5.41 Å². The van der Waals surface area contributed by atoms with Gasteiger partial charge in [-0.25, -0.2) is 0 Å². The molecule has 0 saturated carbocycles. The summed E-state index contributed by atoms with van der Waals surface area (Å²) >= 11 is 0. The molecule has 2 heteroatoms. The van der Waals surface area contributed by atoms with E-state index in [1.165, 1.54) is 5.56 Å². The van der Waals surface area contributed by atoms with E-state index >= 15 is 0 Å². The largest absolute Gasteiger partial charge is 0.481 e. The summed E-state index contributed by atoms with van der Waals surface area (Å²) in [6, 6.07) is 11.9. The molecule has 17 heavy (non-hydrogen) atoms. The zero-order valence-corrected chi connectivity index (χ0v) is 10.3. The molecule has 0 atom stereocenters. The minimum absolute atomic E-state index is 0.800. The second-order valence-corrected chi connectivity index (χ2v) is 4.91. The fourth-order valence-electron chi connectivity index (χ4n) is 2.13. The topological polar surface area (TPSA) is 37.3 Å². The Balaban J connectivity index is 2.80. The van der Waals surface area contributed by atoms with Crippen LogP contribution in [0.1, 0.15) is 25.0 Å². The molecule has 0 saturated heterocycles. The van der Waals surface area contributed by atoms with Crippen molar-refractivity contribution in [2.75, 3.05) is 0 Å². The second kappa shape index (κ2) is 3.88. The number of aryl methyl sites for hydroxylation is 1. The van der Waals surface area contributed by atoms with Crippen LogP contribution in [0.2, 0.25) is 0 Å². The quantitative estimate of drug-likeness (QED) is 0.854. The number of fused-ring (bicyclic) bond motifs is 1. The fraction of sp³-hybridized carbons (Fsp3) is 0.267. The first-order valence-electron chi connectivity index (χ1n) is 5.67. The smallest absolute Gasteiger partial charge is 0.313 e. The third kappa shape index (κ3) is 1.80. The van der Waals surface area contributed by atoms with Crippen molar-refractivity contribution in [3.05, 3.63) is 47.5 Å². The first kappa shape index (κ1) is 11.6. The molecule has 1 N–H and O–H groups in total. The number of rotatable bonds is 2. The maximum atomic E-state index is 11.4. The molecule has 0 aliphatic heterocycles. The van der Waals surface area contributed by atoms with Crippen molar-refractivity contribution >= 4 is 16.7 Å². The summed E-state index contributed by atoms with van der Waals surface area (Å²) in [5, 5.41) is 11.5. The van der Waals surface area contributed by atoms with Gasteiger partial charge in [0.15, 0.2) is 0 Å². The second-order valence-electron chi connectivity index (χ2n) is 4.91. The maximum absolute atomic E-state index is 11.4. The Morgan fingerprint density at radius 1 is 1.06 bits per heavy atom. The molecule has 2 nitrogen and oxygen atoms in total. The van der Waals surface area contributed by atoms with E-state index in [2.05, 4.69) is 0 Å².